The highest BCUT2D eigenvalue weighted by molar-refractivity contribution is 14.1. The SMILES string of the molecule is CCCC(I)C[C@H](NC(=O)OC(C)(C)C)C(=O)C(Br)Br. The van der Waals surface area contributed by atoms with Crippen LogP contribution in [0, 0.1) is 0 Å². The Morgan fingerprint density at radius 1 is 1.30 bits per heavy atom. The second-order valence-electron chi connectivity index (χ2n) is 5.52. The quantitative estimate of drug-likeness (QED) is 0.391. The Balaban J connectivity index is 4.69. The molecule has 0 fully saturated rings. The van der Waals surface area contributed by atoms with Crippen LogP contribution < -0.4 is 5.32 Å². The first-order chi connectivity index (χ1) is 9.06. The van der Waals surface area contributed by atoms with Gasteiger partial charge in [-0.3, -0.25) is 4.79 Å². The summed E-state index contributed by atoms with van der Waals surface area (Å²) in [4.78, 5) is 23.9. The summed E-state index contributed by atoms with van der Waals surface area (Å²) in [5, 5.41) is 2.67. The van der Waals surface area contributed by atoms with Crippen LogP contribution in [0.15, 0.2) is 0 Å². The van der Waals surface area contributed by atoms with E-state index >= 15 is 0 Å². The number of amides is 1. The van der Waals surface area contributed by atoms with Crippen LogP contribution in [0.25, 0.3) is 0 Å². The number of rotatable bonds is 7. The van der Waals surface area contributed by atoms with Gasteiger partial charge in [-0.25, -0.2) is 4.79 Å². The Hall–Kier alpha value is 0.630. The number of hydrogen-bond donors (Lipinski definition) is 1. The standard InChI is InChI=1S/C13H22Br2INO3/c1-5-6-8(16)7-9(10(18)11(14)15)17-12(19)20-13(2,3)4/h8-9,11H,5-7H2,1-4H3,(H,17,19)/t8?,9-/m0/s1. The Morgan fingerprint density at radius 2 is 1.85 bits per heavy atom. The molecule has 0 heterocycles. The molecule has 0 bridgehead atoms. The van der Waals surface area contributed by atoms with E-state index < -0.39 is 21.5 Å². The van der Waals surface area contributed by atoms with Crippen molar-refractivity contribution in [3.05, 3.63) is 0 Å². The van der Waals surface area contributed by atoms with E-state index in [1.807, 2.05) is 0 Å². The number of alkyl halides is 3. The first kappa shape index (κ1) is 20.6. The van der Waals surface area contributed by atoms with E-state index in [-0.39, 0.29) is 5.78 Å². The molecule has 0 rings (SSSR count). The van der Waals surface area contributed by atoms with Crippen molar-refractivity contribution in [3.63, 3.8) is 0 Å². The van der Waals surface area contributed by atoms with Gasteiger partial charge >= 0.3 is 6.09 Å². The molecule has 1 N–H and O–H groups in total. The van der Waals surface area contributed by atoms with Crippen LogP contribution in [0.3, 0.4) is 0 Å². The monoisotopic (exact) mass is 525 g/mol. The summed E-state index contributed by atoms with van der Waals surface area (Å²) in [6, 6.07) is -0.554. The van der Waals surface area contributed by atoms with Gasteiger partial charge in [-0.1, -0.05) is 67.8 Å². The van der Waals surface area contributed by atoms with Gasteiger partial charge in [0.25, 0.3) is 0 Å². The minimum absolute atomic E-state index is 0.103. The summed E-state index contributed by atoms with van der Waals surface area (Å²) < 4.78 is 5.07. The number of alkyl carbamates (subject to hydrolysis) is 1. The molecule has 0 aliphatic heterocycles. The normalized spacial score (nSPS) is 14.8. The summed E-state index contributed by atoms with van der Waals surface area (Å²) in [5.41, 5.74) is -0.576. The molecule has 0 aromatic carbocycles. The highest BCUT2D eigenvalue weighted by atomic mass is 127. The molecule has 0 aromatic heterocycles. The maximum atomic E-state index is 12.1. The molecule has 7 heteroatoms. The van der Waals surface area contributed by atoms with E-state index in [0.29, 0.717) is 10.3 Å². The molecule has 0 aliphatic carbocycles. The third-order valence-electron chi connectivity index (χ3n) is 2.34. The third kappa shape index (κ3) is 9.55. The largest absolute Gasteiger partial charge is 0.444 e. The second-order valence-corrected chi connectivity index (χ2v) is 10.3. The van der Waals surface area contributed by atoms with Crippen molar-refractivity contribution in [2.45, 2.75) is 66.3 Å². The predicted octanol–water partition coefficient (Wildman–Crippen LogP) is 4.56. The minimum atomic E-state index is -0.576. The Kier molecular flexibility index (Phi) is 9.91. The van der Waals surface area contributed by atoms with Gasteiger partial charge in [-0.15, -0.1) is 0 Å². The van der Waals surface area contributed by atoms with E-state index in [9.17, 15) is 9.59 Å². The van der Waals surface area contributed by atoms with Crippen LogP contribution in [0.2, 0.25) is 0 Å². The van der Waals surface area contributed by atoms with E-state index in [1.165, 1.54) is 0 Å². The molecule has 0 radical (unpaired) electrons. The van der Waals surface area contributed by atoms with E-state index in [4.69, 9.17) is 4.74 Å². The number of halogens is 3. The number of carbonyl (C=O) groups excluding carboxylic acids is 2. The molecule has 20 heavy (non-hydrogen) atoms. The Labute approximate surface area is 151 Å². The fourth-order valence-corrected chi connectivity index (χ4v) is 3.30. The summed E-state index contributed by atoms with van der Waals surface area (Å²) in [6.07, 6.45) is 2.10. The molecule has 0 aliphatic rings. The average Bonchev–Trinajstić information content (AvgIpc) is 2.24. The van der Waals surface area contributed by atoms with Crippen LogP contribution >= 0.6 is 54.5 Å². The molecule has 4 nitrogen and oxygen atoms in total. The topological polar surface area (TPSA) is 55.4 Å². The van der Waals surface area contributed by atoms with Crippen LogP contribution in [0.5, 0.6) is 0 Å². The molecule has 118 valence electrons. The summed E-state index contributed by atoms with van der Waals surface area (Å²) in [7, 11) is 0. The average molecular weight is 527 g/mol. The number of ketones is 1. The maximum Gasteiger partial charge on any atom is 0.408 e. The summed E-state index contributed by atoms with van der Waals surface area (Å²) in [6.45, 7) is 7.47. The van der Waals surface area contributed by atoms with Gasteiger partial charge in [0.2, 0.25) is 0 Å². The van der Waals surface area contributed by atoms with Gasteiger partial charge in [-0.2, -0.15) is 0 Å². The van der Waals surface area contributed by atoms with Crippen LogP contribution in [0.4, 0.5) is 4.79 Å². The molecular formula is C13H22Br2INO3. The summed E-state index contributed by atoms with van der Waals surface area (Å²) in [5.74, 6) is -0.103. The lowest BCUT2D eigenvalue weighted by Crippen LogP contribution is -2.46. The van der Waals surface area contributed by atoms with Crippen LogP contribution in [0.1, 0.15) is 47.0 Å². The molecule has 0 spiro atoms. The highest BCUT2D eigenvalue weighted by Crippen LogP contribution is 2.20. The van der Waals surface area contributed by atoms with Gasteiger partial charge in [-0.05, 0) is 33.6 Å². The lowest BCUT2D eigenvalue weighted by molar-refractivity contribution is -0.119. The smallest absolute Gasteiger partial charge is 0.408 e. The number of carbonyl (C=O) groups is 2. The van der Waals surface area contributed by atoms with E-state index in [0.717, 1.165) is 12.8 Å². The van der Waals surface area contributed by atoms with Crippen molar-refractivity contribution >= 4 is 66.3 Å². The first-order valence-electron chi connectivity index (χ1n) is 6.52. The van der Waals surface area contributed by atoms with Gasteiger partial charge in [0.15, 0.2) is 5.78 Å². The van der Waals surface area contributed by atoms with Crippen molar-refractivity contribution < 1.29 is 14.3 Å². The molecule has 0 saturated heterocycles. The Morgan fingerprint density at radius 3 is 2.25 bits per heavy atom. The van der Waals surface area contributed by atoms with Crippen molar-refractivity contribution in [1.29, 1.82) is 0 Å². The number of hydrogen-bond acceptors (Lipinski definition) is 3. The number of Topliss-reactive ketones (excluding diaryl/α,β-unsaturated/α-hetero) is 1. The molecular weight excluding hydrogens is 505 g/mol. The van der Waals surface area contributed by atoms with E-state index in [2.05, 4.69) is 66.7 Å². The third-order valence-corrected chi connectivity index (χ3v) is 4.38. The zero-order valence-electron chi connectivity index (χ0n) is 12.2. The molecule has 0 aromatic rings. The van der Waals surface area contributed by atoms with Crippen molar-refractivity contribution in [2.24, 2.45) is 0 Å². The second kappa shape index (κ2) is 9.61. The highest BCUT2D eigenvalue weighted by Gasteiger charge is 2.28. The fraction of sp³-hybridized carbons (Fsp3) is 0.846. The van der Waals surface area contributed by atoms with Crippen LogP contribution in [-0.4, -0.2) is 31.2 Å². The van der Waals surface area contributed by atoms with Gasteiger partial charge < -0.3 is 10.1 Å². The zero-order valence-corrected chi connectivity index (χ0v) is 17.5. The molecule has 0 saturated carbocycles. The zero-order chi connectivity index (χ0) is 15.9. The molecule has 2 atom stereocenters. The first-order valence-corrected chi connectivity index (χ1v) is 9.60. The fourth-order valence-electron chi connectivity index (χ4n) is 1.53. The predicted molar refractivity (Wildman–Crippen MR) is 97.1 cm³/mol. The molecule has 1 unspecified atom stereocenters. The lowest BCUT2D eigenvalue weighted by atomic mass is 10.1. The van der Waals surface area contributed by atoms with Gasteiger partial charge in [0, 0.05) is 3.92 Å². The van der Waals surface area contributed by atoms with Crippen molar-refractivity contribution in [3.8, 4) is 0 Å². The Bertz CT molecular complexity index is 332. The van der Waals surface area contributed by atoms with E-state index in [1.54, 1.807) is 20.8 Å². The van der Waals surface area contributed by atoms with Crippen molar-refractivity contribution in [1.82, 2.24) is 5.32 Å². The number of nitrogens with one attached hydrogen (secondary N) is 1. The summed E-state index contributed by atoms with van der Waals surface area (Å²) >= 11 is 8.70. The maximum absolute atomic E-state index is 12.1. The van der Waals surface area contributed by atoms with Gasteiger partial charge in [0.05, 0.1) is 6.04 Å². The van der Waals surface area contributed by atoms with Crippen molar-refractivity contribution in [2.75, 3.05) is 0 Å². The lowest BCUT2D eigenvalue weighted by Gasteiger charge is -2.24. The number of ether oxygens (including phenoxy) is 1. The van der Waals surface area contributed by atoms with Gasteiger partial charge in [0.1, 0.15) is 9.34 Å². The molecule has 1 amide bonds. The van der Waals surface area contributed by atoms with Crippen LogP contribution in [-0.2, 0) is 9.53 Å². The minimum Gasteiger partial charge on any atom is -0.444 e.